The highest BCUT2D eigenvalue weighted by Gasteiger charge is 2.12. The summed E-state index contributed by atoms with van der Waals surface area (Å²) in [5, 5.41) is 17.8. The Morgan fingerprint density at radius 1 is 1.43 bits per heavy atom. The van der Waals surface area contributed by atoms with Gasteiger partial charge in [-0.25, -0.2) is 4.79 Å². The van der Waals surface area contributed by atoms with Crippen LogP contribution in [0.3, 0.4) is 0 Å². The van der Waals surface area contributed by atoms with Crippen LogP contribution in [0, 0.1) is 0 Å². The first-order chi connectivity index (χ1) is 6.34. The third kappa shape index (κ3) is 4.96. The van der Waals surface area contributed by atoms with Gasteiger partial charge in [0.25, 0.3) is 0 Å². The van der Waals surface area contributed by atoms with Crippen molar-refractivity contribution in [1.29, 1.82) is 0 Å². The van der Waals surface area contributed by atoms with Crippen LogP contribution >= 0.6 is 0 Å². The van der Waals surface area contributed by atoms with Crippen LogP contribution in [0.25, 0.3) is 0 Å². The fourth-order valence-electron chi connectivity index (χ4n) is 0.744. The minimum absolute atomic E-state index is 0.263. The molecule has 0 aliphatic carbocycles. The highest BCUT2D eigenvalue weighted by atomic mass is 16.6. The van der Waals surface area contributed by atoms with E-state index in [0.717, 1.165) is 0 Å². The van der Waals surface area contributed by atoms with Gasteiger partial charge < -0.3 is 20.7 Å². The first-order valence-electron chi connectivity index (χ1n) is 4.35. The minimum atomic E-state index is -1.14. The molecule has 0 aliphatic rings. The molecule has 0 heterocycles. The van der Waals surface area contributed by atoms with Gasteiger partial charge in [0.05, 0.1) is 6.10 Å². The molecular weight excluding hydrogens is 186 g/mol. The Balaban J connectivity index is 4.30. The molecule has 0 amide bonds. The second-order valence-electron chi connectivity index (χ2n) is 3.17. The Morgan fingerprint density at radius 3 is 2.29 bits per heavy atom. The van der Waals surface area contributed by atoms with Crippen molar-refractivity contribution in [1.82, 2.24) is 0 Å². The molecule has 3 atom stereocenters. The third-order valence-corrected chi connectivity index (χ3v) is 1.60. The molecule has 0 radical (unpaired) electrons. The maximum absolute atomic E-state index is 11.1. The molecule has 4 N–H and O–H groups in total. The first kappa shape index (κ1) is 13.1. The zero-order valence-corrected chi connectivity index (χ0v) is 8.60. The van der Waals surface area contributed by atoms with E-state index in [1.165, 1.54) is 26.8 Å². The van der Waals surface area contributed by atoms with Crippen molar-refractivity contribution in [3.05, 3.63) is 11.6 Å². The van der Waals surface area contributed by atoms with E-state index < -0.39 is 24.4 Å². The zero-order valence-electron chi connectivity index (χ0n) is 8.60. The van der Waals surface area contributed by atoms with Crippen LogP contribution in [0.2, 0.25) is 0 Å². The van der Waals surface area contributed by atoms with E-state index in [0.29, 0.717) is 0 Å². The summed E-state index contributed by atoms with van der Waals surface area (Å²) in [6.45, 7) is 4.36. The van der Waals surface area contributed by atoms with Gasteiger partial charge in [-0.2, -0.15) is 0 Å². The Kier molecular flexibility index (Phi) is 5.37. The Bertz CT molecular complexity index is 223. The van der Waals surface area contributed by atoms with Crippen LogP contribution < -0.4 is 5.73 Å². The number of esters is 1. The number of aliphatic hydroxyl groups is 2. The maximum Gasteiger partial charge on any atom is 0.335 e. The molecule has 0 rings (SSSR count). The van der Waals surface area contributed by atoms with Crippen molar-refractivity contribution in [3.63, 3.8) is 0 Å². The molecule has 0 aromatic rings. The fraction of sp³-hybridized carbons (Fsp3) is 0.667. The standard InChI is InChI=1S/C9H17NO4/c1-5(4-8(10)6(2)11)9(13)14-7(3)12/h4,6-8,11-12H,10H2,1-3H3. The molecule has 0 aromatic heterocycles. The van der Waals surface area contributed by atoms with E-state index in [2.05, 4.69) is 4.74 Å². The molecule has 0 aromatic carbocycles. The van der Waals surface area contributed by atoms with Gasteiger partial charge in [0, 0.05) is 11.6 Å². The SMILES string of the molecule is CC(=CC(N)C(C)O)C(=O)OC(C)O. The van der Waals surface area contributed by atoms with Gasteiger partial charge in [-0.3, -0.25) is 0 Å². The lowest BCUT2D eigenvalue weighted by Gasteiger charge is -2.12. The minimum Gasteiger partial charge on any atom is -0.433 e. The maximum atomic E-state index is 11.1. The summed E-state index contributed by atoms with van der Waals surface area (Å²) in [4.78, 5) is 11.1. The van der Waals surface area contributed by atoms with E-state index in [1.54, 1.807) is 0 Å². The first-order valence-corrected chi connectivity index (χ1v) is 4.35. The van der Waals surface area contributed by atoms with Crippen molar-refractivity contribution >= 4 is 5.97 Å². The molecule has 5 heteroatoms. The normalized spacial score (nSPS) is 18.6. The van der Waals surface area contributed by atoms with Gasteiger partial charge in [-0.05, 0) is 20.8 Å². The van der Waals surface area contributed by atoms with Crippen LogP contribution in [0.15, 0.2) is 11.6 Å². The van der Waals surface area contributed by atoms with Crippen LogP contribution in [-0.2, 0) is 9.53 Å². The molecule has 3 unspecified atom stereocenters. The van der Waals surface area contributed by atoms with E-state index in [9.17, 15) is 4.79 Å². The number of aliphatic hydroxyl groups excluding tert-OH is 2. The fourth-order valence-corrected chi connectivity index (χ4v) is 0.744. The van der Waals surface area contributed by atoms with Gasteiger partial charge in [0.1, 0.15) is 0 Å². The van der Waals surface area contributed by atoms with Crippen molar-refractivity contribution in [2.24, 2.45) is 5.73 Å². The number of carbonyl (C=O) groups excluding carboxylic acids is 1. The molecule has 0 spiro atoms. The van der Waals surface area contributed by atoms with E-state index in [1.807, 2.05) is 0 Å². The molecule has 0 fully saturated rings. The van der Waals surface area contributed by atoms with Crippen LogP contribution in [0.1, 0.15) is 20.8 Å². The highest BCUT2D eigenvalue weighted by molar-refractivity contribution is 5.87. The smallest absolute Gasteiger partial charge is 0.335 e. The Hall–Kier alpha value is -0.910. The predicted octanol–water partition coefficient (Wildman–Crippen LogP) is -0.478. The van der Waals surface area contributed by atoms with Crippen LogP contribution in [-0.4, -0.2) is 34.6 Å². The molecule has 0 bridgehead atoms. The number of rotatable bonds is 4. The lowest BCUT2D eigenvalue weighted by atomic mass is 10.1. The average molecular weight is 203 g/mol. The number of hydrogen-bond donors (Lipinski definition) is 3. The number of hydrogen-bond acceptors (Lipinski definition) is 5. The number of carbonyl (C=O) groups is 1. The lowest BCUT2D eigenvalue weighted by Crippen LogP contribution is -2.31. The van der Waals surface area contributed by atoms with Crippen molar-refractivity contribution in [2.75, 3.05) is 0 Å². The topological polar surface area (TPSA) is 92.8 Å². The second-order valence-corrected chi connectivity index (χ2v) is 3.17. The summed E-state index contributed by atoms with van der Waals surface area (Å²) in [6.07, 6.45) is -0.479. The molecule has 0 aliphatic heterocycles. The summed E-state index contributed by atoms with van der Waals surface area (Å²) in [6, 6.07) is -0.614. The molecule has 5 nitrogen and oxygen atoms in total. The highest BCUT2D eigenvalue weighted by Crippen LogP contribution is 2.02. The molecule has 14 heavy (non-hydrogen) atoms. The summed E-state index contributed by atoms with van der Waals surface area (Å²) >= 11 is 0. The number of ether oxygens (including phenoxy) is 1. The van der Waals surface area contributed by atoms with Gasteiger partial charge >= 0.3 is 5.97 Å². The van der Waals surface area contributed by atoms with E-state index in [-0.39, 0.29) is 5.57 Å². The number of nitrogens with two attached hydrogens (primary N) is 1. The second kappa shape index (κ2) is 5.74. The van der Waals surface area contributed by atoms with Crippen LogP contribution in [0.4, 0.5) is 0 Å². The summed E-state index contributed by atoms with van der Waals surface area (Å²) in [7, 11) is 0. The summed E-state index contributed by atoms with van der Waals surface area (Å²) < 4.78 is 4.50. The van der Waals surface area contributed by atoms with Gasteiger partial charge in [0.2, 0.25) is 0 Å². The Morgan fingerprint density at radius 2 is 1.93 bits per heavy atom. The van der Waals surface area contributed by atoms with Gasteiger partial charge in [-0.1, -0.05) is 6.08 Å². The third-order valence-electron chi connectivity index (χ3n) is 1.60. The molecule has 82 valence electrons. The zero-order chi connectivity index (χ0) is 11.3. The quantitative estimate of drug-likeness (QED) is 0.326. The van der Waals surface area contributed by atoms with Crippen molar-refractivity contribution < 1.29 is 19.7 Å². The average Bonchev–Trinajstić information content (AvgIpc) is 2.02. The molecular formula is C9H17NO4. The van der Waals surface area contributed by atoms with Crippen molar-refractivity contribution in [3.8, 4) is 0 Å². The predicted molar refractivity (Wildman–Crippen MR) is 51.2 cm³/mol. The van der Waals surface area contributed by atoms with Gasteiger partial charge in [0.15, 0.2) is 6.29 Å². The summed E-state index contributed by atoms with van der Waals surface area (Å²) in [5.41, 5.74) is 5.75. The monoisotopic (exact) mass is 203 g/mol. The molecule has 0 saturated heterocycles. The lowest BCUT2D eigenvalue weighted by molar-refractivity contribution is -0.159. The van der Waals surface area contributed by atoms with Crippen molar-refractivity contribution in [2.45, 2.75) is 39.2 Å². The largest absolute Gasteiger partial charge is 0.433 e. The molecule has 0 saturated carbocycles. The summed E-state index contributed by atoms with van der Waals surface area (Å²) in [5.74, 6) is -0.642. The van der Waals surface area contributed by atoms with Crippen LogP contribution in [0.5, 0.6) is 0 Å². The Labute approximate surface area is 83.2 Å². The van der Waals surface area contributed by atoms with E-state index in [4.69, 9.17) is 15.9 Å². The van der Waals surface area contributed by atoms with E-state index >= 15 is 0 Å². The van der Waals surface area contributed by atoms with Gasteiger partial charge in [-0.15, -0.1) is 0 Å².